The lowest BCUT2D eigenvalue weighted by Gasteiger charge is -2.29. The SMILES string of the molecule is COc1cc(CNC(=O)C[NH+]2CC[NH+](Cc3cccc(C)c3)CC2)cc(OC)c1OC. The third-order valence-electron chi connectivity index (χ3n) is 5.83. The molecule has 0 aliphatic carbocycles. The van der Waals surface area contributed by atoms with E-state index in [1.807, 2.05) is 12.1 Å². The number of piperazine rings is 1. The number of methoxy groups -OCH3 is 3. The Morgan fingerprint density at radius 1 is 0.903 bits per heavy atom. The lowest BCUT2D eigenvalue weighted by Crippen LogP contribution is -3.28. The summed E-state index contributed by atoms with van der Waals surface area (Å²) < 4.78 is 16.1. The van der Waals surface area contributed by atoms with Crippen molar-refractivity contribution in [3.8, 4) is 17.2 Å². The van der Waals surface area contributed by atoms with Crippen LogP contribution in [0.3, 0.4) is 0 Å². The fourth-order valence-corrected chi connectivity index (χ4v) is 4.15. The molecule has 2 aromatic rings. The van der Waals surface area contributed by atoms with Crippen LogP contribution in [-0.2, 0) is 17.9 Å². The molecule has 0 radical (unpaired) electrons. The first kappa shape index (κ1) is 22.9. The quantitative estimate of drug-likeness (QED) is 0.509. The van der Waals surface area contributed by atoms with Gasteiger partial charge in [-0.25, -0.2) is 0 Å². The zero-order valence-corrected chi connectivity index (χ0v) is 19.0. The van der Waals surface area contributed by atoms with Gasteiger partial charge in [-0.3, -0.25) is 4.79 Å². The summed E-state index contributed by atoms with van der Waals surface area (Å²) in [5.41, 5.74) is 3.61. The molecule has 0 bridgehead atoms. The zero-order valence-electron chi connectivity index (χ0n) is 19.0. The molecule has 1 fully saturated rings. The van der Waals surface area contributed by atoms with E-state index in [0.29, 0.717) is 30.3 Å². The summed E-state index contributed by atoms with van der Waals surface area (Å²) in [5, 5.41) is 3.03. The molecule has 0 atom stereocenters. The van der Waals surface area contributed by atoms with Crippen LogP contribution in [-0.4, -0.2) is 60.0 Å². The number of amides is 1. The molecule has 0 aromatic heterocycles. The van der Waals surface area contributed by atoms with Gasteiger partial charge in [-0.2, -0.15) is 0 Å². The summed E-state index contributed by atoms with van der Waals surface area (Å²) in [6.07, 6.45) is 0. The predicted molar refractivity (Wildman–Crippen MR) is 119 cm³/mol. The molecular formula is C24H35N3O4+2. The van der Waals surface area contributed by atoms with Crippen molar-refractivity contribution in [3.05, 3.63) is 53.1 Å². The smallest absolute Gasteiger partial charge is 0.275 e. The van der Waals surface area contributed by atoms with E-state index in [0.717, 1.165) is 38.3 Å². The van der Waals surface area contributed by atoms with Gasteiger partial charge < -0.3 is 29.3 Å². The molecule has 1 aliphatic heterocycles. The first-order valence-corrected chi connectivity index (χ1v) is 10.8. The summed E-state index contributed by atoms with van der Waals surface area (Å²) in [6, 6.07) is 12.5. The Balaban J connectivity index is 1.45. The van der Waals surface area contributed by atoms with Gasteiger partial charge in [0.2, 0.25) is 5.75 Å². The first-order chi connectivity index (χ1) is 15.0. The molecule has 3 rings (SSSR count). The molecule has 7 heteroatoms. The Hall–Kier alpha value is -2.77. The summed E-state index contributed by atoms with van der Waals surface area (Å²) in [6.45, 7) is 8.32. The van der Waals surface area contributed by atoms with Gasteiger partial charge in [-0.15, -0.1) is 0 Å². The standard InChI is InChI=1S/C24H33N3O4/c1-18-6-5-7-19(12-18)16-26-8-10-27(11-9-26)17-23(28)25-15-20-13-21(29-2)24(31-4)22(14-20)30-3/h5-7,12-14H,8-11,15-17H2,1-4H3,(H,25,28)/p+2. The lowest BCUT2D eigenvalue weighted by atomic mass is 10.1. The maximum atomic E-state index is 12.5. The van der Waals surface area contributed by atoms with Crippen molar-refractivity contribution < 1.29 is 28.8 Å². The van der Waals surface area contributed by atoms with Gasteiger partial charge in [-0.1, -0.05) is 29.8 Å². The van der Waals surface area contributed by atoms with Gasteiger partial charge in [0.25, 0.3) is 5.91 Å². The largest absolute Gasteiger partial charge is 0.493 e. The van der Waals surface area contributed by atoms with Crippen LogP contribution < -0.4 is 29.3 Å². The third-order valence-corrected chi connectivity index (χ3v) is 5.83. The monoisotopic (exact) mass is 429 g/mol. The highest BCUT2D eigenvalue weighted by molar-refractivity contribution is 5.76. The molecule has 31 heavy (non-hydrogen) atoms. The maximum absolute atomic E-state index is 12.5. The van der Waals surface area contributed by atoms with Crippen molar-refractivity contribution in [2.75, 3.05) is 54.1 Å². The van der Waals surface area contributed by atoms with E-state index in [4.69, 9.17) is 14.2 Å². The molecule has 2 aromatic carbocycles. The average molecular weight is 430 g/mol. The topological polar surface area (TPSA) is 65.7 Å². The van der Waals surface area contributed by atoms with Gasteiger partial charge in [0.1, 0.15) is 32.7 Å². The van der Waals surface area contributed by atoms with Crippen LogP contribution in [0.4, 0.5) is 0 Å². The minimum atomic E-state index is 0.0610. The average Bonchev–Trinajstić information content (AvgIpc) is 2.78. The number of nitrogens with one attached hydrogen (secondary N) is 3. The van der Waals surface area contributed by atoms with Crippen molar-refractivity contribution in [3.63, 3.8) is 0 Å². The minimum Gasteiger partial charge on any atom is -0.493 e. The van der Waals surface area contributed by atoms with Crippen molar-refractivity contribution in [1.29, 1.82) is 0 Å². The van der Waals surface area contributed by atoms with Crippen molar-refractivity contribution in [2.24, 2.45) is 0 Å². The molecule has 7 nitrogen and oxygen atoms in total. The summed E-state index contributed by atoms with van der Waals surface area (Å²) in [5.74, 6) is 1.79. The number of hydrogen-bond donors (Lipinski definition) is 3. The van der Waals surface area contributed by atoms with E-state index >= 15 is 0 Å². The van der Waals surface area contributed by atoms with Crippen LogP contribution in [0.15, 0.2) is 36.4 Å². The second-order valence-corrected chi connectivity index (χ2v) is 8.15. The molecule has 3 N–H and O–H groups in total. The van der Waals surface area contributed by atoms with Crippen LogP contribution in [0.2, 0.25) is 0 Å². The molecule has 0 saturated carbocycles. The fraction of sp³-hybridized carbons (Fsp3) is 0.458. The molecule has 1 aliphatic rings. The molecule has 1 amide bonds. The van der Waals surface area contributed by atoms with Crippen LogP contribution in [0.1, 0.15) is 16.7 Å². The highest BCUT2D eigenvalue weighted by Gasteiger charge is 2.25. The Labute approximate surface area is 184 Å². The number of carbonyl (C=O) groups excluding carboxylic acids is 1. The molecule has 0 spiro atoms. The second kappa shape index (κ2) is 11.0. The highest BCUT2D eigenvalue weighted by Crippen LogP contribution is 2.38. The summed E-state index contributed by atoms with van der Waals surface area (Å²) in [7, 11) is 4.75. The summed E-state index contributed by atoms with van der Waals surface area (Å²) >= 11 is 0. The van der Waals surface area contributed by atoms with Crippen LogP contribution >= 0.6 is 0 Å². The Morgan fingerprint density at radius 2 is 1.55 bits per heavy atom. The zero-order chi connectivity index (χ0) is 22.2. The number of quaternary nitrogens is 2. The van der Waals surface area contributed by atoms with Crippen molar-refractivity contribution in [2.45, 2.75) is 20.0 Å². The van der Waals surface area contributed by atoms with E-state index in [1.165, 1.54) is 16.0 Å². The molecule has 1 saturated heterocycles. The number of benzene rings is 2. The van der Waals surface area contributed by atoms with E-state index in [-0.39, 0.29) is 5.91 Å². The Morgan fingerprint density at radius 3 is 2.13 bits per heavy atom. The Bertz CT molecular complexity index is 854. The van der Waals surface area contributed by atoms with E-state index in [9.17, 15) is 4.79 Å². The molecular weight excluding hydrogens is 394 g/mol. The van der Waals surface area contributed by atoms with Gasteiger partial charge >= 0.3 is 0 Å². The van der Waals surface area contributed by atoms with E-state index < -0.39 is 0 Å². The maximum Gasteiger partial charge on any atom is 0.275 e. The van der Waals surface area contributed by atoms with E-state index in [1.54, 1.807) is 26.2 Å². The van der Waals surface area contributed by atoms with E-state index in [2.05, 4.69) is 36.5 Å². The number of ether oxygens (including phenoxy) is 3. The Kier molecular flexibility index (Phi) is 8.14. The van der Waals surface area contributed by atoms with Crippen LogP contribution in [0, 0.1) is 6.92 Å². The van der Waals surface area contributed by atoms with Gasteiger partial charge in [0.05, 0.1) is 21.3 Å². The number of hydrogen-bond acceptors (Lipinski definition) is 4. The number of aryl methyl sites for hydroxylation is 1. The molecule has 0 unspecified atom stereocenters. The van der Waals surface area contributed by atoms with Gasteiger partial charge in [0.15, 0.2) is 18.0 Å². The second-order valence-electron chi connectivity index (χ2n) is 8.15. The summed E-state index contributed by atoms with van der Waals surface area (Å²) in [4.78, 5) is 15.4. The number of rotatable bonds is 9. The highest BCUT2D eigenvalue weighted by atomic mass is 16.5. The first-order valence-electron chi connectivity index (χ1n) is 10.8. The van der Waals surface area contributed by atoms with Crippen molar-refractivity contribution >= 4 is 5.91 Å². The molecule has 1 heterocycles. The molecule has 168 valence electrons. The van der Waals surface area contributed by atoms with Crippen LogP contribution in [0.5, 0.6) is 17.2 Å². The van der Waals surface area contributed by atoms with Gasteiger partial charge in [0, 0.05) is 12.1 Å². The minimum absolute atomic E-state index is 0.0610. The number of carbonyl (C=O) groups is 1. The third kappa shape index (κ3) is 6.35. The predicted octanol–water partition coefficient (Wildman–Crippen LogP) is -0.379. The lowest BCUT2D eigenvalue weighted by molar-refractivity contribution is -1.02. The van der Waals surface area contributed by atoms with Crippen molar-refractivity contribution in [1.82, 2.24) is 5.32 Å². The van der Waals surface area contributed by atoms with Gasteiger partial charge in [-0.05, 0) is 24.6 Å². The van der Waals surface area contributed by atoms with Crippen LogP contribution in [0.25, 0.3) is 0 Å². The normalized spacial score (nSPS) is 18.3. The fourth-order valence-electron chi connectivity index (χ4n) is 4.15.